The zero-order valence-corrected chi connectivity index (χ0v) is 20.0. The molecule has 0 aliphatic carbocycles. The molecule has 0 radical (unpaired) electrons. The number of halogens is 2. The fourth-order valence-electron chi connectivity index (χ4n) is 3.20. The topological polar surface area (TPSA) is 54.2 Å². The second kappa shape index (κ2) is 11.7. The van der Waals surface area contributed by atoms with Gasteiger partial charge in [0.15, 0.2) is 5.96 Å². The maximum absolute atomic E-state index is 13.8. The summed E-state index contributed by atoms with van der Waals surface area (Å²) in [5.41, 5.74) is 5.07. The summed E-state index contributed by atoms with van der Waals surface area (Å²) in [5.74, 6) is 0.423. The molecule has 0 bridgehead atoms. The van der Waals surface area contributed by atoms with Crippen molar-refractivity contribution in [2.24, 2.45) is 4.99 Å². The third-order valence-electron chi connectivity index (χ3n) is 4.85. The number of benzene rings is 2. The molecule has 1 aromatic heterocycles. The minimum Gasteiger partial charge on any atom is -0.357 e. The summed E-state index contributed by atoms with van der Waals surface area (Å²) >= 11 is 0. The molecular weight excluding hydrogens is 492 g/mol. The van der Waals surface area contributed by atoms with Crippen LogP contribution in [0.2, 0.25) is 0 Å². The quantitative estimate of drug-likeness (QED) is 0.272. The molecule has 0 aliphatic heterocycles. The number of nitrogens with zero attached hydrogens (tertiary/aromatic N) is 3. The third-order valence-corrected chi connectivity index (χ3v) is 4.85. The summed E-state index contributed by atoms with van der Waals surface area (Å²) in [5, 5.41) is 11.3. The molecule has 5 nitrogen and oxygen atoms in total. The van der Waals surface area contributed by atoms with Crippen LogP contribution in [0.25, 0.3) is 0 Å². The van der Waals surface area contributed by atoms with Crippen molar-refractivity contribution < 1.29 is 4.39 Å². The number of aromatic nitrogens is 2. The standard InChI is InChI=1S/C23H28FN5.HI/c1-4-25-23(26-14-20-12-8-9-13-22(20)24)27-15-21-17(2)28-29(18(21)3)16-19-10-6-5-7-11-19;/h5-13H,4,14-16H2,1-3H3,(H2,25,26,27);1H. The molecule has 1 heterocycles. The molecule has 2 aromatic carbocycles. The van der Waals surface area contributed by atoms with Crippen LogP contribution in [0, 0.1) is 19.7 Å². The normalized spacial score (nSPS) is 11.1. The van der Waals surface area contributed by atoms with E-state index >= 15 is 0 Å². The monoisotopic (exact) mass is 521 g/mol. The van der Waals surface area contributed by atoms with E-state index in [1.807, 2.05) is 42.8 Å². The summed E-state index contributed by atoms with van der Waals surface area (Å²) in [6.45, 7) is 8.49. The van der Waals surface area contributed by atoms with Crippen LogP contribution in [-0.4, -0.2) is 22.3 Å². The largest absolute Gasteiger partial charge is 0.357 e. The van der Waals surface area contributed by atoms with Crippen LogP contribution in [0.5, 0.6) is 0 Å². The van der Waals surface area contributed by atoms with Crippen LogP contribution in [-0.2, 0) is 19.6 Å². The van der Waals surface area contributed by atoms with Crippen LogP contribution >= 0.6 is 24.0 Å². The molecule has 160 valence electrons. The van der Waals surface area contributed by atoms with Gasteiger partial charge in [0.05, 0.1) is 18.8 Å². The predicted octanol–water partition coefficient (Wildman–Crippen LogP) is 4.56. The van der Waals surface area contributed by atoms with Gasteiger partial charge in [-0.25, -0.2) is 9.38 Å². The summed E-state index contributed by atoms with van der Waals surface area (Å²) in [6, 6.07) is 17.0. The number of hydrogen-bond acceptors (Lipinski definition) is 2. The van der Waals surface area contributed by atoms with Gasteiger partial charge in [0.1, 0.15) is 5.82 Å². The lowest BCUT2D eigenvalue weighted by molar-refractivity contribution is 0.610. The molecule has 3 aromatic rings. The molecule has 3 rings (SSSR count). The van der Waals surface area contributed by atoms with Crippen molar-refractivity contribution >= 4 is 29.9 Å². The van der Waals surface area contributed by atoms with Crippen LogP contribution in [0.3, 0.4) is 0 Å². The van der Waals surface area contributed by atoms with Gasteiger partial charge < -0.3 is 10.6 Å². The molecule has 2 N–H and O–H groups in total. The number of hydrogen-bond donors (Lipinski definition) is 2. The molecule has 0 atom stereocenters. The third kappa shape index (κ3) is 6.29. The second-order valence-electron chi connectivity index (χ2n) is 6.93. The first-order chi connectivity index (χ1) is 14.1. The van der Waals surface area contributed by atoms with Crippen LogP contribution in [0.15, 0.2) is 59.6 Å². The highest BCUT2D eigenvalue weighted by Crippen LogP contribution is 2.15. The Labute approximate surface area is 194 Å². The van der Waals surface area contributed by atoms with E-state index in [0.29, 0.717) is 18.1 Å². The van der Waals surface area contributed by atoms with Gasteiger partial charge in [-0.2, -0.15) is 5.10 Å². The van der Waals surface area contributed by atoms with Crippen molar-refractivity contribution in [1.82, 2.24) is 20.4 Å². The Morgan fingerprint density at radius 1 is 1.03 bits per heavy atom. The molecule has 0 aliphatic rings. The Balaban J connectivity index is 0.00000320. The molecule has 0 spiro atoms. The van der Waals surface area contributed by atoms with Gasteiger partial charge in [-0.15, -0.1) is 24.0 Å². The van der Waals surface area contributed by atoms with E-state index < -0.39 is 0 Å². The Kier molecular flexibility index (Phi) is 9.29. The Morgan fingerprint density at radius 2 is 1.73 bits per heavy atom. The lowest BCUT2D eigenvalue weighted by atomic mass is 10.2. The molecule has 0 unspecified atom stereocenters. The summed E-state index contributed by atoms with van der Waals surface area (Å²) < 4.78 is 15.9. The van der Waals surface area contributed by atoms with Crippen molar-refractivity contribution in [3.8, 4) is 0 Å². The predicted molar refractivity (Wildman–Crippen MR) is 131 cm³/mol. The van der Waals surface area contributed by atoms with Gasteiger partial charge in [0.25, 0.3) is 0 Å². The van der Waals surface area contributed by atoms with Crippen LogP contribution < -0.4 is 10.6 Å². The van der Waals surface area contributed by atoms with Crippen molar-refractivity contribution in [2.45, 2.75) is 40.4 Å². The maximum atomic E-state index is 13.8. The molecule has 0 saturated carbocycles. The zero-order chi connectivity index (χ0) is 20.6. The smallest absolute Gasteiger partial charge is 0.191 e. The lowest BCUT2D eigenvalue weighted by Gasteiger charge is -2.12. The Bertz CT molecular complexity index is 969. The van der Waals surface area contributed by atoms with Crippen molar-refractivity contribution in [1.29, 1.82) is 0 Å². The number of guanidine groups is 1. The van der Waals surface area contributed by atoms with Crippen LogP contribution in [0.1, 0.15) is 35.0 Å². The van der Waals surface area contributed by atoms with E-state index in [0.717, 1.165) is 30.0 Å². The minimum atomic E-state index is -0.235. The Hall–Kier alpha value is -2.42. The molecule has 0 fully saturated rings. The number of aliphatic imine (C=N–C) groups is 1. The Morgan fingerprint density at radius 3 is 2.43 bits per heavy atom. The van der Waals surface area contributed by atoms with Gasteiger partial charge in [-0.05, 0) is 32.4 Å². The van der Waals surface area contributed by atoms with E-state index in [4.69, 9.17) is 5.10 Å². The van der Waals surface area contributed by atoms with Gasteiger partial charge in [-0.3, -0.25) is 4.68 Å². The fourth-order valence-corrected chi connectivity index (χ4v) is 3.20. The fraction of sp³-hybridized carbons (Fsp3) is 0.304. The number of rotatable bonds is 7. The van der Waals surface area contributed by atoms with Gasteiger partial charge in [0.2, 0.25) is 0 Å². The molecule has 0 saturated heterocycles. The average Bonchev–Trinajstić information content (AvgIpc) is 2.98. The van der Waals surface area contributed by atoms with Crippen LogP contribution in [0.4, 0.5) is 4.39 Å². The number of nitrogens with one attached hydrogen (secondary N) is 2. The van der Waals surface area contributed by atoms with E-state index in [9.17, 15) is 4.39 Å². The van der Waals surface area contributed by atoms with Gasteiger partial charge in [0, 0.05) is 29.9 Å². The van der Waals surface area contributed by atoms with E-state index in [2.05, 4.69) is 34.7 Å². The van der Waals surface area contributed by atoms with E-state index in [-0.39, 0.29) is 36.3 Å². The summed E-state index contributed by atoms with van der Waals surface area (Å²) in [4.78, 5) is 4.52. The molecular formula is C23H29FIN5. The maximum Gasteiger partial charge on any atom is 0.191 e. The lowest BCUT2D eigenvalue weighted by Crippen LogP contribution is -2.37. The zero-order valence-electron chi connectivity index (χ0n) is 17.7. The first-order valence-corrected chi connectivity index (χ1v) is 9.91. The molecule has 0 amide bonds. The van der Waals surface area contributed by atoms with Gasteiger partial charge >= 0.3 is 0 Å². The number of aryl methyl sites for hydroxylation is 1. The minimum absolute atomic E-state index is 0. The average molecular weight is 521 g/mol. The highest BCUT2D eigenvalue weighted by atomic mass is 127. The summed E-state index contributed by atoms with van der Waals surface area (Å²) in [6.07, 6.45) is 0. The highest BCUT2D eigenvalue weighted by molar-refractivity contribution is 14.0. The van der Waals surface area contributed by atoms with Crippen molar-refractivity contribution in [3.05, 3.63) is 88.5 Å². The summed E-state index contributed by atoms with van der Waals surface area (Å²) in [7, 11) is 0. The molecule has 7 heteroatoms. The van der Waals surface area contributed by atoms with Crippen molar-refractivity contribution in [3.63, 3.8) is 0 Å². The molecule has 30 heavy (non-hydrogen) atoms. The highest BCUT2D eigenvalue weighted by Gasteiger charge is 2.12. The second-order valence-corrected chi connectivity index (χ2v) is 6.93. The first kappa shape index (κ1) is 23.9. The SMILES string of the molecule is CCNC(=NCc1ccccc1F)NCc1c(C)nn(Cc2ccccc2)c1C.I. The van der Waals surface area contributed by atoms with Crippen molar-refractivity contribution in [2.75, 3.05) is 6.54 Å². The van der Waals surface area contributed by atoms with E-state index in [1.54, 1.807) is 12.1 Å². The van der Waals surface area contributed by atoms with Gasteiger partial charge in [-0.1, -0.05) is 48.5 Å². The first-order valence-electron chi connectivity index (χ1n) is 9.91. The van der Waals surface area contributed by atoms with E-state index in [1.165, 1.54) is 11.6 Å².